The molecule has 0 saturated heterocycles. The predicted molar refractivity (Wildman–Crippen MR) is 322 cm³/mol. The molecule has 0 saturated carbocycles. The Balaban J connectivity index is 3.48. The summed E-state index contributed by atoms with van der Waals surface area (Å²) in [5.74, 6) is -0.0301. The molecule has 1 amide bonds. The van der Waals surface area contributed by atoms with Gasteiger partial charge in [-0.1, -0.05) is 323 Å². The second kappa shape index (κ2) is 62.6. The van der Waals surface area contributed by atoms with Crippen LogP contribution in [-0.4, -0.2) is 34.9 Å². The lowest BCUT2D eigenvalue weighted by Crippen LogP contribution is -2.45. The average Bonchev–Trinajstić information content (AvgIpc) is 3.39. The van der Waals surface area contributed by atoms with Crippen LogP contribution >= 0.6 is 0 Å². The summed E-state index contributed by atoms with van der Waals surface area (Å²) in [5.41, 5.74) is 0. The van der Waals surface area contributed by atoms with E-state index >= 15 is 0 Å². The maximum atomic E-state index is 12.5. The van der Waals surface area contributed by atoms with Crippen molar-refractivity contribution in [2.75, 3.05) is 6.61 Å². The van der Waals surface area contributed by atoms with Gasteiger partial charge in [0.2, 0.25) is 5.91 Å². The molecular formula is C68H121NO3. The quantitative estimate of drug-likeness (QED) is 0.0420. The van der Waals surface area contributed by atoms with Crippen LogP contribution in [-0.2, 0) is 4.79 Å². The van der Waals surface area contributed by atoms with Crippen LogP contribution in [0.4, 0.5) is 0 Å². The van der Waals surface area contributed by atoms with E-state index in [0.717, 1.165) is 77.0 Å². The lowest BCUT2D eigenvalue weighted by molar-refractivity contribution is -0.123. The molecule has 0 aromatic heterocycles. The Hall–Kier alpha value is -2.69. The summed E-state index contributed by atoms with van der Waals surface area (Å²) in [5, 5.41) is 23.4. The van der Waals surface area contributed by atoms with Crippen molar-refractivity contribution in [1.29, 1.82) is 0 Å². The van der Waals surface area contributed by atoms with Gasteiger partial charge in [0.25, 0.3) is 0 Å². The van der Waals surface area contributed by atoms with Crippen LogP contribution < -0.4 is 5.32 Å². The molecule has 0 aromatic carbocycles. The number of rotatable bonds is 57. The van der Waals surface area contributed by atoms with E-state index in [1.54, 1.807) is 0 Å². The van der Waals surface area contributed by atoms with Gasteiger partial charge in [0.15, 0.2) is 0 Å². The van der Waals surface area contributed by atoms with Gasteiger partial charge in [-0.3, -0.25) is 4.79 Å². The number of aliphatic hydroxyl groups is 2. The van der Waals surface area contributed by atoms with E-state index < -0.39 is 12.1 Å². The van der Waals surface area contributed by atoms with Gasteiger partial charge in [-0.05, 0) is 77.0 Å². The molecular weight excluding hydrogens is 879 g/mol. The van der Waals surface area contributed by atoms with Crippen molar-refractivity contribution in [3.8, 4) is 0 Å². The number of nitrogens with one attached hydrogen (secondary N) is 1. The lowest BCUT2D eigenvalue weighted by atomic mass is 10.0. The van der Waals surface area contributed by atoms with E-state index in [9.17, 15) is 15.0 Å². The van der Waals surface area contributed by atoms with Gasteiger partial charge in [0.05, 0.1) is 18.8 Å². The SMILES string of the molecule is CC/C=C\C/C=C\C/C=C\C/C=C\C/C=C\C/C=C\C/C=C\C/C=C\CCCCCCCCCCCCCCCCCCC(=O)NC(CO)C(O)CCCCCCCCCCCCCCCCCCCCC. The average molecular weight is 1000 g/mol. The van der Waals surface area contributed by atoms with E-state index in [2.05, 4.69) is 116 Å². The second-order valence-electron chi connectivity index (χ2n) is 21.1. The van der Waals surface area contributed by atoms with Crippen molar-refractivity contribution < 1.29 is 15.0 Å². The molecule has 4 nitrogen and oxygen atoms in total. The Morgan fingerprint density at radius 2 is 0.611 bits per heavy atom. The molecule has 2 unspecified atom stereocenters. The summed E-state index contributed by atoms with van der Waals surface area (Å²) in [4.78, 5) is 12.5. The van der Waals surface area contributed by atoms with Gasteiger partial charge < -0.3 is 15.5 Å². The Labute approximate surface area is 449 Å². The van der Waals surface area contributed by atoms with Gasteiger partial charge in [0.1, 0.15) is 0 Å². The lowest BCUT2D eigenvalue weighted by Gasteiger charge is -2.22. The molecule has 0 fully saturated rings. The Bertz CT molecular complexity index is 1320. The highest BCUT2D eigenvalue weighted by atomic mass is 16.3. The number of hydrogen-bond donors (Lipinski definition) is 3. The highest BCUT2D eigenvalue weighted by Crippen LogP contribution is 2.17. The van der Waals surface area contributed by atoms with Crippen molar-refractivity contribution in [3.05, 3.63) is 97.2 Å². The van der Waals surface area contributed by atoms with E-state index in [0.29, 0.717) is 12.8 Å². The second-order valence-corrected chi connectivity index (χ2v) is 21.1. The third-order valence-electron chi connectivity index (χ3n) is 14.1. The van der Waals surface area contributed by atoms with Gasteiger partial charge in [-0.2, -0.15) is 0 Å². The van der Waals surface area contributed by atoms with Crippen molar-refractivity contribution >= 4 is 5.91 Å². The molecule has 0 aliphatic carbocycles. The third-order valence-corrected chi connectivity index (χ3v) is 14.1. The summed E-state index contributed by atoms with van der Waals surface area (Å²) in [6, 6.07) is -0.540. The highest BCUT2D eigenvalue weighted by molar-refractivity contribution is 5.76. The minimum atomic E-state index is -0.663. The standard InChI is InChI=1S/C68H121NO3/c1-3-5-7-9-11-13-15-17-19-21-23-24-25-26-27-28-29-30-31-32-33-34-35-36-37-38-39-40-41-42-43-44-46-48-50-52-54-56-58-60-62-64-68(72)69-66(65-70)67(71)63-61-59-57-55-53-51-49-47-45-22-20-18-16-14-12-10-8-6-4-2/h5,7,11,13,17,19,23-24,26-27,29-30,32-33,35-36,66-67,70-71H,3-4,6,8-10,12,14-16,18,20-22,25,28,31,34,37-65H2,1-2H3,(H,69,72)/b7-5-,13-11-,19-17-,24-23-,27-26-,30-29-,33-32-,36-35-. The molecule has 0 aliphatic heterocycles. The topological polar surface area (TPSA) is 69.6 Å². The minimum absolute atomic E-state index is 0.0301. The first kappa shape index (κ1) is 69.3. The first-order valence-corrected chi connectivity index (χ1v) is 31.4. The first-order valence-electron chi connectivity index (χ1n) is 31.4. The fourth-order valence-electron chi connectivity index (χ4n) is 9.38. The molecule has 72 heavy (non-hydrogen) atoms. The molecule has 416 valence electrons. The highest BCUT2D eigenvalue weighted by Gasteiger charge is 2.20. The van der Waals surface area contributed by atoms with Crippen LogP contribution in [0.3, 0.4) is 0 Å². The fraction of sp³-hybridized carbons (Fsp3) is 0.750. The van der Waals surface area contributed by atoms with E-state index in [1.165, 1.54) is 205 Å². The van der Waals surface area contributed by atoms with Gasteiger partial charge in [-0.15, -0.1) is 0 Å². The number of allylic oxidation sites excluding steroid dienone is 16. The summed E-state index contributed by atoms with van der Waals surface area (Å²) < 4.78 is 0. The first-order chi connectivity index (χ1) is 35.7. The van der Waals surface area contributed by atoms with Crippen LogP contribution in [0.2, 0.25) is 0 Å². The van der Waals surface area contributed by atoms with Crippen LogP contribution in [0.15, 0.2) is 97.2 Å². The minimum Gasteiger partial charge on any atom is -0.394 e. The zero-order valence-electron chi connectivity index (χ0n) is 47.9. The van der Waals surface area contributed by atoms with Crippen molar-refractivity contribution in [1.82, 2.24) is 5.32 Å². The summed E-state index contributed by atoms with van der Waals surface area (Å²) >= 11 is 0. The summed E-state index contributed by atoms with van der Waals surface area (Å²) in [6.07, 6.45) is 92.7. The normalized spacial score (nSPS) is 13.4. The number of carbonyl (C=O) groups is 1. The van der Waals surface area contributed by atoms with Crippen LogP contribution in [0.1, 0.15) is 309 Å². The van der Waals surface area contributed by atoms with Crippen molar-refractivity contribution in [2.45, 2.75) is 321 Å². The number of aliphatic hydroxyl groups excluding tert-OH is 2. The molecule has 0 aromatic rings. The molecule has 2 atom stereocenters. The molecule has 0 heterocycles. The van der Waals surface area contributed by atoms with Crippen molar-refractivity contribution in [3.63, 3.8) is 0 Å². The monoisotopic (exact) mass is 1000 g/mol. The van der Waals surface area contributed by atoms with E-state index in [4.69, 9.17) is 0 Å². The Kier molecular flexibility index (Phi) is 60.3. The molecule has 0 spiro atoms. The molecule has 0 bridgehead atoms. The number of amides is 1. The molecule has 3 N–H and O–H groups in total. The smallest absolute Gasteiger partial charge is 0.220 e. The number of hydrogen-bond acceptors (Lipinski definition) is 3. The Morgan fingerprint density at radius 3 is 0.917 bits per heavy atom. The van der Waals surface area contributed by atoms with Crippen molar-refractivity contribution in [2.24, 2.45) is 0 Å². The predicted octanol–water partition coefficient (Wildman–Crippen LogP) is 21.3. The molecule has 0 rings (SSSR count). The van der Waals surface area contributed by atoms with Crippen LogP contribution in [0.5, 0.6) is 0 Å². The number of carbonyl (C=O) groups excluding carboxylic acids is 1. The maximum Gasteiger partial charge on any atom is 0.220 e. The number of unbranched alkanes of at least 4 members (excludes halogenated alkanes) is 34. The van der Waals surface area contributed by atoms with E-state index in [-0.39, 0.29) is 12.5 Å². The zero-order valence-corrected chi connectivity index (χ0v) is 47.9. The zero-order chi connectivity index (χ0) is 52.0. The molecule has 4 heteroatoms. The molecule has 0 radical (unpaired) electrons. The largest absolute Gasteiger partial charge is 0.394 e. The van der Waals surface area contributed by atoms with Gasteiger partial charge in [0, 0.05) is 6.42 Å². The van der Waals surface area contributed by atoms with Gasteiger partial charge in [-0.25, -0.2) is 0 Å². The maximum absolute atomic E-state index is 12.5. The third kappa shape index (κ3) is 58.2. The van der Waals surface area contributed by atoms with Crippen LogP contribution in [0.25, 0.3) is 0 Å². The van der Waals surface area contributed by atoms with Gasteiger partial charge >= 0.3 is 0 Å². The Morgan fingerprint density at radius 1 is 0.347 bits per heavy atom. The summed E-state index contributed by atoms with van der Waals surface area (Å²) in [6.45, 7) is 4.26. The summed E-state index contributed by atoms with van der Waals surface area (Å²) in [7, 11) is 0. The van der Waals surface area contributed by atoms with Crippen LogP contribution in [0, 0.1) is 0 Å². The molecule has 0 aliphatic rings. The fourth-order valence-corrected chi connectivity index (χ4v) is 9.38. The van der Waals surface area contributed by atoms with E-state index in [1.807, 2.05) is 0 Å².